The summed E-state index contributed by atoms with van der Waals surface area (Å²) in [4.78, 5) is 11.8. The lowest BCUT2D eigenvalue weighted by Crippen LogP contribution is -2.07. The van der Waals surface area contributed by atoms with Gasteiger partial charge in [-0.1, -0.05) is 12.1 Å². The minimum absolute atomic E-state index is 0.247. The summed E-state index contributed by atoms with van der Waals surface area (Å²) in [6.45, 7) is 2.52. The van der Waals surface area contributed by atoms with Gasteiger partial charge in [0, 0.05) is 11.8 Å². The molecule has 0 radical (unpaired) electrons. The van der Waals surface area contributed by atoms with Gasteiger partial charge in [0.2, 0.25) is 5.91 Å². The van der Waals surface area contributed by atoms with Crippen LogP contribution in [-0.4, -0.2) is 12.5 Å². The second-order valence-corrected chi connectivity index (χ2v) is 4.33. The number of carbonyl (C=O) groups is 1. The number of hydrogen-bond acceptors (Lipinski definition) is 2. The highest BCUT2D eigenvalue weighted by Gasteiger charge is 1.99. The third-order valence-corrected chi connectivity index (χ3v) is 2.73. The first-order chi connectivity index (χ1) is 10.2. The number of amides is 1. The third kappa shape index (κ3) is 4.76. The molecule has 4 heteroatoms. The van der Waals surface area contributed by atoms with Crippen molar-refractivity contribution in [3.8, 4) is 5.75 Å². The van der Waals surface area contributed by atoms with Crippen LogP contribution >= 0.6 is 0 Å². The molecule has 0 fully saturated rings. The highest BCUT2D eigenvalue weighted by atomic mass is 19.1. The number of anilines is 1. The molecule has 0 saturated carbocycles. The van der Waals surface area contributed by atoms with Crippen molar-refractivity contribution in [2.75, 3.05) is 11.9 Å². The van der Waals surface area contributed by atoms with Gasteiger partial charge in [-0.05, 0) is 55.0 Å². The molecule has 2 rings (SSSR count). The lowest BCUT2D eigenvalue weighted by molar-refractivity contribution is -0.111. The van der Waals surface area contributed by atoms with Gasteiger partial charge in [-0.3, -0.25) is 4.79 Å². The number of ether oxygens (including phenoxy) is 1. The Morgan fingerprint density at radius 3 is 2.43 bits per heavy atom. The number of nitrogens with one attached hydrogen (secondary N) is 1. The average Bonchev–Trinajstić information content (AvgIpc) is 2.49. The summed E-state index contributed by atoms with van der Waals surface area (Å²) in [5, 5.41) is 2.74. The molecule has 2 aromatic carbocycles. The summed E-state index contributed by atoms with van der Waals surface area (Å²) >= 11 is 0. The van der Waals surface area contributed by atoms with Gasteiger partial charge in [-0.25, -0.2) is 4.39 Å². The second kappa shape index (κ2) is 7.24. The third-order valence-electron chi connectivity index (χ3n) is 2.73. The highest BCUT2D eigenvalue weighted by Crippen LogP contribution is 2.15. The lowest BCUT2D eigenvalue weighted by atomic mass is 10.2. The molecule has 1 N–H and O–H groups in total. The van der Waals surface area contributed by atoms with Crippen LogP contribution in [0.1, 0.15) is 12.5 Å². The van der Waals surface area contributed by atoms with Crippen LogP contribution in [0.3, 0.4) is 0 Å². The predicted octanol–water partition coefficient (Wildman–Crippen LogP) is 3.88. The fourth-order valence-electron chi connectivity index (χ4n) is 1.73. The lowest BCUT2D eigenvalue weighted by Gasteiger charge is -2.05. The predicted molar refractivity (Wildman–Crippen MR) is 81.7 cm³/mol. The molecule has 0 unspecified atom stereocenters. The van der Waals surface area contributed by atoms with Gasteiger partial charge in [-0.2, -0.15) is 0 Å². The van der Waals surface area contributed by atoms with Crippen molar-refractivity contribution in [2.45, 2.75) is 6.92 Å². The van der Waals surface area contributed by atoms with Crippen LogP contribution < -0.4 is 10.1 Å². The van der Waals surface area contributed by atoms with E-state index >= 15 is 0 Å². The van der Waals surface area contributed by atoms with Crippen LogP contribution in [0.2, 0.25) is 0 Å². The Morgan fingerprint density at radius 2 is 1.81 bits per heavy atom. The summed E-state index contributed by atoms with van der Waals surface area (Å²) in [5.74, 6) is 0.215. The summed E-state index contributed by atoms with van der Waals surface area (Å²) < 4.78 is 18.1. The molecular formula is C17H16FNO2. The van der Waals surface area contributed by atoms with E-state index in [0.29, 0.717) is 12.3 Å². The minimum Gasteiger partial charge on any atom is -0.494 e. The fourth-order valence-corrected chi connectivity index (χ4v) is 1.73. The van der Waals surface area contributed by atoms with E-state index in [9.17, 15) is 9.18 Å². The number of halogens is 1. The smallest absolute Gasteiger partial charge is 0.248 e. The molecule has 0 aromatic heterocycles. The summed E-state index contributed by atoms with van der Waals surface area (Å²) in [6, 6.07) is 13.1. The van der Waals surface area contributed by atoms with Crippen molar-refractivity contribution in [2.24, 2.45) is 0 Å². The van der Waals surface area contributed by atoms with Gasteiger partial charge in [0.05, 0.1) is 6.61 Å². The molecule has 0 saturated heterocycles. The number of rotatable bonds is 5. The van der Waals surface area contributed by atoms with Crippen LogP contribution in [0.4, 0.5) is 10.1 Å². The van der Waals surface area contributed by atoms with Crippen LogP contribution in [0.25, 0.3) is 6.08 Å². The quantitative estimate of drug-likeness (QED) is 0.847. The van der Waals surface area contributed by atoms with Gasteiger partial charge in [0.1, 0.15) is 11.6 Å². The molecule has 0 spiro atoms. The van der Waals surface area contributed by atoms with Crippen LogP contribution in [0, 0.1) is 5.82 Å². The molecule has 0 atom stereocenters. The SMILES string of the molecule is CCOc1ccc(NC(=O)/C=C/c2ccc(F)cc2)cc1. The van der Waals surface area contributed by atoms with Crippen molar-refractivity contribution in [1.82, 2.24) is 0 Å². The standard InChI is InChI=1S/C17H16FNO2/c1-2-21-16-10-8-15(9-11-16)19-17(20)12-5-13-3-6-14(18)7-4-13/h3-12H,2H2,1H3,(H,19,20)/b12-5+. The van der Waals surface area contributed by atoms with Gasteiger partial charge in [0.25, 0.3) is 0 Å². The maximum Gasteiger partial charge on any atom is 0.248 e. The van der Waals surface area contributed by atoms with E-state index in [4.69, 9.17) is 4.74 Å². The van der Waals surface area contributed by atoms with E-state index in [1.807, 2.05) is 6.92 Å². The molecule has 108 valence electrons. The van der Waals surface area contributed by atoms with Crippen LogP contribution in [0.5, 0.6) is 5.75 Å². The van der Waals surface area contributed by atoms with Crippen molar-refractivity contribution in [1.29, 1.82) is 0 Å². The normalized spacial score (nSPS) is 10.6. The van der Waals surface area contributed by atoms with Gasteiger partial charge < -0.3 is 10.1 Å². The first kappa shape index (κ1) is 14.8. The van der Waals surface area contributed by atoms with E-state index in [2.05, 4.69) is 5.32 Å². The Kier molecular flexibility index (Phi) is 5.10. The Balaban J connectivity index is 1.93. The molecule has 0 aliphatic rings. The highest BCUT2D eigenvalue weighted by molar-refractivity contribution is 6.01. The average molecular weight is 285 g/mol. The number of hydrogen-bond donors (Lipinski definition) is 1. The zero-order valence-electron chi connectivity index (χ0n) is 11.7. The molecule has 1 amide bonds. The summed E-state index contributed by atoms with van der Waals surface area (Å²) in [7, 11) is 0. The van der Waals surface area contributed by atoms with Crippen molar-refractivity contribution >= 4 is 17.7 Å². The maximum atomic E-state index is 12.7. The first-order valence-corrected chi connectivity index (χ1v) is 6.65. The van der Waals surface area contributed by atoms with Crippen molar-refractivity contribution in [3.05, 3.63) is 66.0 Å². The number of benzene rings is 2. The van der Waals surface area contributed by atoms with Gasteiger partial charge >= 0.3 is 0 Å². The molecular weight excluding hydrogens is 269 g/mol. The zero-order valence-corrected chi connectivity index (χ0v) is 11.7. The van der Waals surface area contributed by atoms with E-state index < -0.39 is 0 Å². The van der Waals surface area contributed by atoms with Crippen molar-refractivity contribution in [3.63, 3.8) is 0 Å². The summed E-state index contributed by atoms with van der Waals surface area (Å²) in [6.07, 6.45) is 3.03. The molecule has 21 heavy (non-hydrogen) atoms. The molecule has 2 aromatic rings. The number of carbonyl (C=O) groups excluding carboxylic acids is 1. The molecule has 0 heterocycles. The van der Waals surface area contributed by atoms with Gasteiger partial charge in [-0.15, -0.1) is 0 Å². The van der Waals surface area contributed by atoms with Crippen molar-refractivity contribution < 1.29 is 13.9 Å². The largest absolute Gasteiger partial charge is 0.494 e. The van der Waals surface area contributed by atoms with E-state index in [0.717, 1.165) is 11.3 Å². The monoisotopic (exact) mass is 285 g/mol. The second-order valence-electron chi connectivity index (χ2n) is 4.33. The van der Waals surface area contributed by atoms with Crippen LogP contribution in [-0.2, 0) is 4.79 Å². The summed E-state index contributed by atoms with van der Waals surface area (Å²) in [5.41, 5.74) is 1.45. The van der Waals surface area contributed by atoms with Gasteiger partial charge in [0.15, 0.2) is 0 Å². The minimum atomic E-state index is -0.300. The molecule has 0 aliphatic heterocycles. The Hall–Kier alpha value is -2.62. The first-order valence-electron chi connectivity index (χ1n) is 6.65. The van der Waals surface area contributed by atoms with E-state index in [1.165, 1.54) is 18.2 Å². The van der Waals surface area contributed by atoms with E-state index in [1.54, 1.807) is 42.5 Å². The van der Waals surface area contributed by atoms with Crippen LogP contribution in [0.15, 0.2) is 54.6 Å². The Labute approximate surface area is 123 Å². The fraction of sp³-hybridized carbons (Fsp3) is 0.118. The zero-order chi connectivity index (χ0) is 15.1. The molecule has 3 nitrogen and oxygen atoms in total. The van der Waals surface area contributed by atoms with E-state index in [-0.39, 0.29) is 11.7 Å². The topological polar surface area (TPSA) is 38.3 Å². The Morgan fingerprint density at radius 1 is 1.14 bits per heavy atom. The molecule has 0 bridgehead atoms. The Bertz CT molecular complexity index is 618. The molecule has 0 aliphatic carbocycles. The maximum absolute atomic E-state index is 12.7.